The summed E-state index contributed by atoms with van der Waals surface area (Å²) in [6.07, 6.45) is -0.372. The number of anilines is 1. The van der Waals surface area contributed by atoms with E-state index < -0.39 is 66.0 Å². The van der Waals surface area contributed by atoms with E-state index in [0.717, 1.165) is 5.56 Å². The van der Waals surface area contributed by atoms with E-state index in [1.54, 1.807) is 36.1 Å². The largest absolute Gasteiger partial charge is 0.484 e. The van der Waals surface area contributed by atoms with Crippen molar-refractivity contribution in [2.45, 2.75) is 43.7 Å². The number of benzene rings is 3. The van der Waals surface area contributed by atoms with Gasteiger partial charge in [0.05, 0.1) is 18.7 Å². The summed E-state index contributed by atoms with van der Waals surface area (Å²) in [7, 11) is 0. The van der Waals surface area contributed by atoms with Crippen LogP contribution in [0.15, 0.2) is 72.8 Å². The van der Waals surface area contributed by atoms with Crippen LogP contribution in [0.3, 0.4) is 0 Å². The monoisotopic (exact) mass is 655 g/mol. The van der Waals surface area contributed by atoms with Crippen LogP contribution >= 0.6 is 11.8 Å². The second-order valence-corrected chi connectivity index (χ2v) is 12.0. The molecule has 3 aromatic rings. The Hall–Kier alpha value is -4.49. The summed E-state index contributed by atoms with van der Waals surface area (Å²) in [5, 5.41) is 24.2. The van der Waals surface area contributed by atoms with Crippen molar-refractivity contribution in [1.82, 2.24) is 10.6 Å². The minimum absolute atomic E-state index is 0.179. The molecule has 13 heteroatoms. The van der Waals surface area contributed by atoms with Gasteiger partial charge in [0.1, 0.15) is 28.7 Å². The summed E-state index contributed by atoms with van der Waals surface area (Å²) in [6.45, 7) is 2.71. The van der Waals surface area contributed by atoms with Crippen LogP contribution < -0.4 is 20.3 Å². The minimum Gasteiger partial charge on any atom is -0.484 e. The van der Waals surface area contributed by atoms with Gasteiger partial charge >= 0.3 is 5.97 Å². The number of β-lactam (4-membered cyclic amide) rings is 1. The van der Waals surface area contributed by atoms with Gasteiger partial charge in [0, 0.05) is 11.4 Å². The minimum atomic E-state index is -1.15. The third kappa shape index (κ3) is 8.61. The molecule has 0 aromatic heterocycles. The molecule has 4 rings (SSSR count). The smallest absolute Gasteiger partial charge is 0.326 e. The van der Waals surface area contributed by atoms with E-state index in [2.05, 4.69) is 10.6 Å². The summed E-state index contributed by atoms with van der Waals surface area (Å²) in [5.41, 5.74) is 1.77. The van der Waals surface area contributed by atoms with Crippen molar-refractivity contribution in [2.24, 2.45) is 5.92 Å². The van der Waals surface area contributed by atoms with Gasteiger partial charge in [-0.3, -0.25) is 14.4 Å². The molecule has 0 spiro atoms. The van der Waals surface area contributed by atoms with Gasteiger partial charge in [0.25, 0.3) is 5.91 Å². The van der Waals surface area contributed by atoms with Crippen LogP contribution in [-0.4, -0.2) is 64.1 Å². The molecule has 0 radical (unpaired) electrons. The van der Waals surface area contributed by atoms with Crippen molar-refractivity contribution in [3.8, 4) is 5.75 Å². The summed E-state index contributed by atoms with van der Waals surface area (Å²) < 4.78 is 32.4. The molecule has 4 N–H and O–H groups in total. The van der Waals surface area contributed by atoms with Crippen molar-refractivity contribution in [2.75, 3.05) is 23.8 Å². The Balaban J connectivity index is 1.36. The predicted octanol–water partition coefficient (Wildman–Crippen LogP) is 4.00. The number of hydrogen-bond acceptors (Lipinski definition) is 7. The number of hydrogen-bond donors (Lipinski definition) is 4. The second-order valence-electron chi connectivity index (χ2n) is 10.9. The number of halogens is 2. The SMILES string of the molecule is CC[C@H](C)[C@H](NC(=O)CNC(=O)COc1ccc([C@@H]2[C@@H](SCC(O)c3ccc(F)cc3)C(=O)N2c2ccc(F)cc2)cc1)C(=O)O. The van der Waals surface area contributed by atoms with Crippen LogP contribution in [0.4, 0.5) is 14.5 Å². The first-order valence-electron chi connectivity index (χ1n) is 14.6. The molecule has 1 unspecified atom stereocenters. The highest BCUT2D eigenvalue weighted by molar-refractivity contribution is 8.00. The van der Waals surface area contributed by atoms with Crippen molar-refractivity contribution in [3.63, 3.8) is 0 Å². The Labute approximate surface area is 269 Å². The molecule has 1 heterocycles. The zero-order valence-corrected chi connectivity index (χ0v) is 26.0. The number of amides is 3. The number of carbonyl (C=O) groups excluding carboxylic acids is 3. The summed E-state index contributed by atoms with van der Waals surface area (Å²) in [4.78, 5) is 50.6. The highest BCUT2D eigenvalue weighted by Crippen LogP contribution is 2.46. The Morgan fingerprint density at radius 3 is 2.15 bits per heavy atom. The first-order valence-corrected chi connectivity index (χ1v) is 15.7. The Kier molecular flexibility index (Phi) is 11.7. The van der Waals surface area contributed by atoms with Gasteiger partial charge in [-0.15, -0.1) is 11.8 Å². The molecular formula is C33H35F2N3O7S. The van der Waals surface area contributed by atoms with E-state index in [-0.39, 0.29) is 17.6 Å². The predicted molar refractivity (Wildman–Crippen MR) is 168 cm³/mol. The first-order chi connectivity index (χ1) is 22.0. The summed E-state index contributed by atoms with van der Waals surface area (Å²) in [5.74, 6) is -3.21. The number of carboxylic acid groups (broad SMARTS) is 1. The van der Waals surface area contributed by atoms with Crippen LogP contribution in [0.2, 0.25) is 0 Å². The molecule has 5 atom stereocenters. The summed E-state index contributed by atoms with van der Waals surface area (Å²) >= 11 is 1.26. The van der Waals surface area contributed by atoms with Gasteiger partial charge in [0.15, 0.2) is 6.61 Å². The maximum atomic E-state index is 13.6. The van der Waals surface area contributed by atoms with Crippen molar-refractivity contribution in [3.05, 3.63) is 95.6 Å². The number of nitrogens with zero attached hydrogens (tertiary/aromatic N) is 1. The molecule has 1 fully saturated rings. The molecule has 1 aliphatic rings. The van der Waals surface area contributed by atoms with E-state index in [4.69, 9.17) is 4.74 Å². The Morgan fingerprint density at radius 1 is 0.957 bits per heavy atom. The van der Waals surface area contributed by atoms with Crippen molar-refractivity contribution in [1.29, 1.82) is 0 Å². The fourth-order valence-corrected chi connectivity index (χ4v) is 6.16. The van der Waals surface area contributed by atoms with E-state index in [9.17, 15) is 38.2 Å². The molecule has 46 heavy (non-hydrogen) atoms. The Morgan fingerprint density at radius 2 is 1.57 bits per heavy atom. The van der Waals surface area contributed by atoms with E-state index in [0.29, 0.717) is 23.4 Å². The average molecular weight is 656 g/mol. The molecule has 0 aliphatic carbocycles. The lowest BCUT2D eigenvalue weighted by Crippen LogP contribution is -2.57. The molecule has 1 saturated heterocycles. The van der Waals surface area contributed by atoms with E-state index in [1.807, 2.05) is 6.92 Å². The third-order valence-corrected chi connectivity index (χ3v) is 9.00. The molecule has 244 valence electrons. The van der Waals surface area contributed by atoms with Crippen molar-refractivity contribution >= 4 is 41.1 Å². The van der Waals surface area contributed by atoms with E-state index in [1.165, 1.54) is 60.3 Å². The fourth-order valence-electron chi connectivity index (χ4n) is 4.86. The zero-order valence-electron chi connectivity index (χ0n) is 25.2. The molecule has 0 saturated carbocycles. The highest BCUT2D eigenvalue weighted by Gasteiger charge is 2.49. The number of aliphatic carboxylic acids is 1. The number of carboxylic acids is 1. The lowest BCUT2D eigenvalue weighted by atomic mass is 9.92. The number of aliphatic hydroxyl groups excluding tert-OH is 1. The van der Waals surface area contributed by atoms with Crippen LogP contribution in [0.1, 0.15) is 43.5 Å². The number of ether oxygens (including phenoxy) is 1. The maximum absolute atomic E-state index is 13.6. The molecule has 1 aliphatic heterocycles. The fraction of sp³-hybridized carbons (Fsp3) is 0.333. The lowest BCUT2D eigenvalue weighted by molar-refractivity contribution is -0.143. The van der Waals surface area contributed by atoms with Crippen LogP contribution in [0, 0.1) is 17.6 Å². The number of aliphatic hydroxyl groups is 1. The van der Waals surface area contributed by atoms with Gasteiger partial charge in [-0.05, 0) is 65.6 Å². The molecule has 0 bridgehead atoms. The molecule has 10 nitrogen and oxygen atoms in total. The molecule has 3 amide bonds. The van der Waals surface area contributed by atoms with Crippen LogP contribution in [-0.2, 0) is 19.2 Å². The first kappa shape index (κ1) is 34.4. The molecular weight excluding hydrogens is 620 g/mol. The van der Waals surface area contributed by atoms with Gasteiger partial charge in [-0.1, -0.05) is 44.5 Å². The van der Waals surface area contributed by atoms with Gasteiger partial charge < -0.3 is 30.5 Å². The number of thioether (sulfide) groups is 1. The zero-order chi connectivity index (χ0) is 33.4. The number of rotatable bonds is 15. The topological polar surface area (TPSA) is 145 Å². The van der Waals surface area contributed by atoms with Gasteiger partial charge in [-0.2, -0.15) is 0 Å². The van der Waals surface area contributed by atoms with Gasteiger partial charge in [0.2, 0.25) is 11.8 Å². The van der Waals surface area contributed by atoms with Crippen LogP contribution in [0.25, 0.3) is 0 Å². The third-order valence-electron chi connectivity index (χ3n) is 7.67. The molecule has 3 aromatic carbocycles. The quantitative estimate of drug-likeness (QED) is 0.180. The highest BCUT2D eigenvalue weighted by atomic mass is 32.2. The lowest BCUT2D eigenvalue weighted by Gasteiger charge is -2.47. The van der Waals surface area contributed by atoms with Crippen LogP contribution in [0.5, 0.6) is 5.75 Å². The van der Waals surface area contributed by atoms with E-state index >= 15 is 0 Å². The number of nitrogens with one attached hydrogen (secondary N) is 2. The average Bonchev–Trinajstić information content (AvgIpc) is 3.05. The Bertz CT molecular complexity index is 1520. The number of carbonyl (C=O) groups is 4. The standard InChI is InChI=1S/C33H35F2N3O7S/c1-3-19(2)29(33(43)44)37-27(40)16-36-28(41)17-45-25-14-6-21(7-15-25)30-31(32(42)38(30)24-12-10-23(35)11-13-24)46-18-26(39)20-4-8-22(34)9-5-20/h4-15,19,26,29-31,39H,3,16-18H2,1-2H3,(H,36,41)(H,37,40)(H,43,44)/t19-,26?,29-,30+,31+/m0/s1. The van der Waals surface area contributed by atoms with Gasteiger partial charge in [-0.25, -0.2) is 13.6 Å². The maximum Gasteiger partial charge on any atom is 0.326 e. The summed E-state index contributed by atoms with van der Waals surface area (Å²) in [6, 6.07) is 16.2. The van der Waals surface area contributed by atoms with Crippen molar-refractivity contribution < 1.29 is 42.9 Å². The second kappa shape index (κ2) is 15.7. The normalized spacial score (nSPS) is 17.8.